The van der Waals surface area contributed by atoms with Gasteiger partial charge < -0.3 is 9.64 Å². The van der Waals surface area contributed by atoms with Crippen LogP contribution < -0.4 is 4.74 Å². The molecule has 7 heteroatoms. The van der Waals surface area contributed by atoms with Crippen molar-refractivity contribution >= 4 is 17.7 Å². The average molecular weight is 345 g/mol. The van der Waals surface area contributed by atoms with Gasteiger partial charge in [0.25, 0.3) is 0 Å². The van der Waals surface area contributed by atoms with E-state index in [2.05, 4.69) is 0 Å². The molecule has 2 aliphatic heterocycles. The second-order valence-corrected chi connectivity index (χ2v) is 6.46. The van der Waals surface area contributed by atoms with Gasteiger partial charge in [-0.25, -0.2) is 0 Å². The van der Waals surface area contributed by atoms with Gasteiger partial charge in [-0.1, -0.05) is 12.1 Å². The summed E-state index contributed by atoms with van der Waals surface area (Å²) in [5.74, 6) is 0.537. The molecule has 0 bridgehead atoms. The molecule has 2 fully saturated rings. The Bertz CT molecular complexity index is 683. The predicted molar refractivity (Wildman–Crippen MR) is 91.0 cm³/mol. The van der Waals surface area contributed by atoms with Crippen LogP contribution >= 0.6 is 0 Å². The molecule has 3 amide bonds. The lowest BCUT2D eigenvalue weighted by Crippen LogP contribution is -2.53. The molecular formula is C18H23N3O4. The third-order valence-electron chi connectivity index (χ3n) is 4.95. The maximum absolute atomic E-state index is 12.5. The fraction of sp³-hybridized carbons (Fsp3) is 0.500. The van der Waals surface area contributed by atoms with Crippen molar-refractivity contribution in [2.75, 3.05) is 40.3 Å². The van der Waals surface area contributed by atoms with E-state index in [-0.39, 0.29) is 30.2 Å². The highest BCUT2D eigenvalue weighted by molar-refractivity contribution is 6.05. The first-order chi connectivity index (χ1) is 12.0. The van der Waals surface area contributed by atoms with E-state index in [4.69, 9.17) is 4.74 Å². The van der Waals surface area contributed by atoms with E-state index in [1.165, 1.54) is 11.9 Å². The third-order valence-corrected chi connectivity index (χ3v) is 4.95. The standard InChI is InChI=1S/C18H23N3O4/c1-19-16(22)12-15(18(19)24)20-6-8-21(9-7-20)17(23)11-13-4-3-5-14(10-13)25-2/h3-5,10,15H,6-9,11-12H2,1-2H3. The van der Waals surface area contributed by atoms with Gasteiger partial charge in [0.05, 0.1) is 26.0 Å². The number of carbonyl (C=O) groups is 3. The van der Waals surface area contributed by atoms with Crippen molar-refractivity contribution in [2.24, 2.45) is 0 Å². The van der Waals surface area contributed by atoms with Crippen molar-refractivity contribution in [2.45, 2.75) is 18.9 Å². The van der Waals surface area contributed by atoms with E-state index >= 15 is 0 Å². The molecule has 1 atom stereocenters. The Morgan fingerprint density at radius 2 is 1.92 bits per heavy atom. The number of likely N-dealkylation sites (tertiary alicyclic amines) is 1. The molecule has 2 aliphatic rings. The summed E-state index contributed by atoms with van der Waals surface area (Å²) in [6.45, 7) is 2.37. The van der Waals surface area contributed by atoms with Crippen LogP contribution in [0.4, 0.5) is 0 Å². The van der Waals surface area contributed by atoms with Gasteiger partial charge in [0.1, 0.15) is 5.75 Å². The summed E-state index contributed by atoms with van der Waals surface area (Å²) in [6.07, 6.45) is 0.577. The number of piperazine rings is 1. The molecule has 1 unspecified atom stereocenters. The largest absolute Gasteiger partial charge is 0.497 e. The molecule has 25 heavy (non-hydrogen) atoms. The molecular weight excluding hydrogens is 322 g/mol. The van der Waals surface area contributed by atoms with Crippen LogP contribution in [0.5, 0.6) is 5.75 Å². The number of hydrogen-bond donors (Lipinski definition) is 0. The van der Waals surface area contributed by atoms with Crippen LogP contribution in [0.15, 0.2) is 24.3 Å². The topological polar surface area (TPSA) is 70.2 Å². The number of nitrogens with zero attached hydrogens (tertiary/aromatic N) is 3. The van der Waals surface area contributed by atoms with E-state index in [9.17, 15) is 14.4 Å². The smallest absolute Gasteiger partial charge is 0.246 e. The molecule has 0 radical (unpaired) electrons. The monoisotopic (exact) mass is 345 g/mol. The summed E-state index contributed by atoms with van der Waals surface area (Å²) in [6, 6.07) is 7.14. The van der Waals surface area contributed by atoms with Gasteiger partial charge in [-0.3, -0.25) is 24.2 Å². The Kier molecular flexibility index (Phi) is 5.03. The van der Waals surface area contributed by atoms with Crippen LogP contribution in [0.3, 0.4) is 0 Å². The van der Waals surface area contributed by atoms with Gasteiger partial charge in [-0.15, -0.1) is 0 Å². The summed E-state index contributed by atoms with van der Waals surface area (Å²) < 4.78 is 5.19. The first kappa shape index (κ1) is 17.4. The number of ether oxygens (including phenoxy) is 1. The van der Waals surface area contributed by atoms with Gasteiger partial charge in [0.2, 0.25) is 17.7 Å². The maximum atomic E-state index is 12.5. The minimum Gasteiger partial charge on any atom is -0.497 e. The Morgan fingerprint density at radius 3 is 2.52 bits per heavy atom. The van der Waals surface area contributed by atoms with E-state index in [0.29, 0.717) is 32.6 Å². The molecule has 0 aliphatic carbocycles. The zero-order valence-electron chi connectivity index (χ0n) is 14.6. The van der Waals surface area contributed by atoms with E-state index < -0.39 is 0 Å². The maximum Gasteiger partial charge on any atom is 0.246 e. The zero-order chi connectivity index (χ0) is 18.0. The van der Waals surface area contributed by atoms with Gasteiger partial charge in [-0.05, 0) is 17.7 Å². The second-order valence-electron chi connectivity index (χ2n) is 6.46. The molecule has 1 aromatic carbocycles. The molecule has 7 nitrogen and oxygen atoms in total. The van der Waals surface area contributed by atoms with E-state index in [1.54, 1.807) is 7.11 Å². The van der Waals surface area contributed by atoms with Crippen LogP contribution in [-0.2, 0) is 20.8 Å². The summed E-state index contributed by atoms with van der Waals surface area (Å²) in [5.41, 5.74) is 0.921. The van der Waals surface area contributed by atoms with Crippen LogP contribution in [0.2, 0.25) is 0 Å². The molecule has 0 aromatic heterocycles. The number of benzene rings is 1. The number of carbonyl (C=O) groups excluding carboxylic acids is 3. The van der Waals surface area contributed by atoms with Crippen LogP contribution in [0.25, 0.3) is 0 Å². The lowest BCUT2D eigenvalue weighted by molar-refractivity contribution is -0.138. The second kappa shape index (κ2) is 7.23. The highest BCUT2D eigenvalue weighted by atomic mass is 16.5. The Morgan fingerprint density at radius 1 is 1.20 bits per heavy atom. The van der Waals surface area contributed by atoms with Gasteiger partial charge in [-0.2, -0.15) is 0 Å². The van der Waals surface area contributed by atoms with Crippen LogP contribution in [0.1, 0.15) is 12.0 Å². The Balaban J connectivity index is 1.54. The minimum atomic E-state index is -0.367. The number of amides is 3. The quantitative estimate of drug-likeness (QED) is 0.726. The van der Waals surface area contributed by atoms with Crippen molar-refractivity contribution in [3.63, 3.8) is 0 Å². The van der Waals surface area contributed by atoms with Crippen molar-refractivity contribution in [1.29, 1.82) is 0 Å². The number of hydrogen-bond acceptors (Lipinski definition) is 5. The normalized spacial score (nSPS) is 21.8. The molecule has 0 N–H and O–H groups in total. The summed E-state index contributed by atoms with van der Waals surface area (Å²) >= 11 is 0. The summed E-state index contributed by atoms with van der Waals surface area (Å²) in [5, 5.41) is 0. The minimum absolute atomic E-state index is 0.0684. The third kappa shape index (κ3) is 3.66. The number of likely N-dealkylation sites (N-methyl/N-ethyl adjacent to an activating group) is 1. The highest BCUT2D eigenvalue weighted by Gasteiger charge is 2.40. The fourth-order valence-corrected chi connectivity index (χ4v) is 3.37. The number of rotatable bonds is 4. The molecule has 0 saturated carbocycles. The number of imide groups is 1. The van der Waals surface area contributed by atoms with Crippen molar-refractivity contribution in [3.05, 3.63) is 29.8 Å². The fourth-order valence-electron chi connectivity index (χ4n) is 3.37. The molecule has 2 heterocycles. The van der Waals surface area contributed by atoms with E-state index in [0.717, 1.165) is 11.3 Å². The van der Waals surface area contributed by atoms with Gasteiger partial charge in [0, 0.05) is 33.2 Å². The van der Waals surface area contributed by atoms with Gasteiger partial charge >= 0.3 is 0 Å². The van der Waals surface area contributed by atoms with E-state index in [1.807, 2.05) is 34.1 Å². The van der Waals surface area contributed by atoms with Gasteiger partial charge in [0.15, 0.2) is 0 Å². The van der Waals surface area contributed by atoms with Crippen molar-refractivity contribution in [1.82, 2.24) is 14.7 Å². The van der Waals surface area contributed by atoms with Crippen molar-refractivity contribution < 1.29 is 19.1 Å². The Hall–Kier alpha value is -2.41. The van der Waals surface area contributed by atoms with Crippen LogP contribution in [0, 0.1) is 0 Å². The SMILES string of the molecule is COc1cccc(CC(=O)N2CCN(C3CC(=O)N(C)C3=O)CC2)c1. The lowest BCUT2D eigenvalue weighted by atomic mass is 10.1. The zero-order valence-corrected chi connectivity index (χ0v) is 14.6. The van der Waals surface area contributed by atoms with Crippen molar-refractivity contribution in [3.8, 4) is 5.75 Å². The summed E-state index contributed by atoms with van der Waals surface area (Å²) in [4.78, 5) is 41.3. The lowest BCUT2D eigenvalue weighted by Gasteiger charge is -2.37. The molecule has 3 rings (SSSR count). The first-order valence-corrected chi connectivity index (χ1v) is 8.44. The highest BCUT2D eigenvalue weighted by Crippen LogP contribution is 2.19. The summed E-state index contributed by atoms with van der Waals surface area (Å²) in [7, 11) is 3.13. The molecule has 134 valence electrons. The predicted octanol–water partition coefficient (Wildman–Crippen LogP) is 0.139. The molecule has 1 aromatic rings. The van der Waals surface area contributed by atoms with Crippen LogP contribution in [-0.4, -0.2) is 78.8 Å². The first-order valence-electron chi connectivity index (χ1n) is 8.44. The molecule has 2 saturated heterocycles. The molecule has 0 spiro atoms. The average Bonchev–Trinajstić information content (AvgIpc) is 2.89. The number of methoxy groups -OCH3 is 1. The Labute approximate surface area is 147 Å².